The first kappa shape index (κ1) is 19.1. The van der Waals surface area contributed by atoms with Crippen molar-refractivity contribution in [2.75, 3.05) is 0 Å². The third-order valence-electron chi connectivity index (χ3n) is 4.35. The number of benzene rings is 3. The van der Waals surface area contributed by atoms with Crippen molar-refractivity contribution < 1.29 is 14.6 Å². The molecule has 0 spiro atoms. The normalized spacial score (nSPS) is 13.1. The number of nitrogens with one attached hydrogen (secondary N) is 1. The van der Waals surface area contributed by atoms with E-state index in [0.717, 1.165) is 21.9 Å². The van der Waals surface area contributed by atoms with Crippen LogP contribution in [0.4, 0.5) is 4.79 Å². The van der Waals surface area contributed by atoms with Gasteiger partial charge >= 0.3 is 6.09 Å². The number of amides is 1. The molecule has 2 N–H and O–H groups in total. The molecule has 2 atom stereocenters. The van der Waals surface area contributed by atoms with Gasteiger partial charge in [0, 0.05) is 6.04 Å². The van der Waals surface area contributed by atoms with E-state index >= 15 is 0 Å². The lowest BCUT2D eigenvalue weighted by Crippen LogP contribution is -2.33. The largest absolute Gasteiger partial charge is 0.508 e. The fraction of sp³-hybridized carbons (Fsp3) is 0.227. The standard InChI is InChI=1S/C22H22ClNO3/c1-15(24-22(26)27-14-16-7-3-2-4-8-16)11-21(23)20-13-18(25)12-17-9-5-6-10-19(17)20/h2-10,12-13,15,21,25H,11,14H2,1H3,(H,24,26)/t15-,21?/m0/s1. The fourth-order valence-electron chi connectivity index (χ4n) is 3.05. The molecule has 0 aliphatic heterocycles. The number of hydrogen-bond acceptors (Lipinski definition) is 3. The van der Waals surface area contributed by atoms with Crippen molar-refractivity contribution in [3.63, 3.8) is 0 Å². The van der Waals surface area contributed by atoms with Gasteiger partial charge in [-0.05, 0) is 47.4 Å². The Labute approximate surface area is 163 Å². The van der Waals surface area contributed by atoms with Gasteiger partial charge < -0.3 is 15.2 Å². The number of aromatic hydroxyl groups is 1. The highest BCUT2D eigenvalue weighted by Gasteiger charge is 2.18. The monoisotopic (exact) mass is 383 g/mol. The predicted molar refractivity (Wildman–Crippen MR) is 108 cm³/mol. The van der Waals surface area contributed by atoms with Crippen LogP contribution in [0.25, 0.3) is 10.8 Å². The highest BCUT2D eigenvalue weighted by molar-refractivity contribution is 6.22. The van der Waals surface area contributed by atoms with Crippen molar-refractivity contribution >= 4 is 28.5 Å². The van der Waals surface area contributed by atoms with Crippen LogP contribution in [0.2, 0.25) is 0 Å². The van der Waals surface area contributed by atoms with Crippen LogP contribution in [0.5, 0.6) is 5.75 Å². The summed E-state index contributed by atoms with van der Waals surface area (Å²) in [7, 11) is 0. The van der Waals surface area contributed by atoms with E-state index in [1.165, 1.54) is 0 Å². The Morgan fingerprint density at radius 1 is 1.11 bits per heavy atom. The molecule has 0 fully saturated rings. The van der Waals surface area contributed by atoms with Crippen molar-refractivity contribution in [1.29, 1.82) is 0 Å². The summed E-state index contributed by atoms with van der Waals surface area (Å²) in [5.41, 5.74) is 1.78. The summed E-state index contributed by atoms with van der Waals surface area (Å²) in [6.07, 6.45) is 0.0334. The minimum Gasteiger partial charge on any atom is -0.508 e. The Kier molecular flexibility index (Phi) is 6.20. The second-order valence-corrected chi connectivity index (χ2v) is 7.09. The van der Waals surface area contributed by atoms with Gasteiger partial charge in [0.15, 0.2) is 0 Å². The number of rotatable bonds is 6. The molecule has 0 saturated carbocycles. The average Bonchev–Trinajstić information content (AvgIpc) is 2.66. The van der Waals surface area contributed by atoms with Crippen molar-refractivity contribution in [3.8, 4) is 5.75 Å². The molecule has 0 aliphatic rings. The summed E-state index contributed by atoms with van der Waals surface area (Å²) in [6, 6.07) is 20.5. The molecule has 4 nitrogen and oxygen atoms in total. The van der Waals surface area contributed by atoms with Crippen molar-refractivity contribution in [2.45, 2.75) is 31.4 Å². The number of phenolic OH excluding ortho intramolecular Hbond substituents is 1. The molecule has 0 aliphatic carbocycles. The zero-order valence-electron chi connectivity index (χ0n) is 15.1. The van der Waals surface area contributed by atoms with Gasteiger partial charge in [-0.15, -0.1) is 11.6 Å². The molecular formula is C22H22ClNO3. The highest BCUT2D eigenvalue weighted by atomic mass is 35.5. The van der Waals surface area contributed by atoms with E-state index in [0.29, 0.717) is 6.42 Å². The lowest BCUT2D eigenvalue weighted by molar-refractivity contribution is 0.136. The Morgan fingerprint density at radius 2 is 1.81 bits per heavy atom. The van der Waals surface area contributed by atoms with Gasteiger partial charge in [-0.25, -0.2) is 4.79 Å². The fourth-order valence-corrected chi connectivity index (χ4v) is 3.49. The lowest BCUT2D eigenvalue weighted by Gasteiger charge is -2.19. The van der Waals surface area contributed by atoms with Gasteiger partial charge in [0.2, 0.25) is 0 Å². The number of alkyl carbamates (subject to hydrolysis) is 1. The molecular weight excluding hydrogens is 362 g/mol. The van der Waals surface area contributed by atoms with Crippen LogP contribution in [0, 0.1) is 0 Å². The molecule has 3 aromatic rings. The van der Waals surface area contributed by atoms with Crippen LogP contribution >= 0.6 is 11.6 Å². The molecule has 3 rings (SSSR count). The van der Waals surface area contributed by atoms with E-state index in [2.05, 4.69) is 5.32 Å². The summed E-state index contributed by atoms with van der Waals surface area (Å²) in [4.78, 5) is 12.0. The van der Waals surface area contributed by atoms with E-state index in [-0.39, 0.29) is 23.8 Å². The summed E-state index contributed by atoms with van der Waals surface area (Å²) in [5, 5.41) is 14.3. The van der Waals surface area contributed by atoms with Gasteiger partial charge in [0.05, 0.1) is 5.38 Å². The smallest absolute Gasteiger partial charge is 0.407 e. The minimum absolute atomic E-state index is 0.178. The average molecular weight is 384 g/mol. The molecule has 0 saturated heterocycles. The maximum atomic E-state index is 12.0. The number of carbonyl (C=O) groups excluding carboxylic acids is 1. The molecule has 1 unspecified atom stereocenters. The maximum Gasteiger partial charge on any atom is 0.407 e. The second-order valence-electron chi connectivity index (χ2n) is 6.57. The van der Waals surface area contributed by atoms with E-state index in [1.807, 2.05) is 61.5 Å². The Bertz CT molecular complexity index is 914. The van der Waals surface area contributed by atoms with Crippen LogP contribution in [-0.4, -0.2) is 17.2 Å². The first-order valence-electron chi connectivity index (χ1n) is 8.86. The van der Waals surface area contributed by atoms with Crippen molar-refractivity contribution in [1.82, 2.24) is 5.32 Å². The third kappa shape index (κ3) is 5.14. The van der Waals surface area contributed by atoms with Gasteiger partial charge in [-0.2, -0.15) is 0 Å². The molecule has 3 aromatic carbocycles. The minimum atomic E-state index is -0.476. The Morgan fingerprint density at radius 3 is 2.59 bits per heavy atom. The Balaban J connectivity index is 1.59. The van der Waals surface area contributed by atoms with Crippen LogP contribution < -0.4 is 5.32 Å². The van der Waals surface area contributed by atoms with Gasteiger partial charge in [0.1, 0.15) is 12.4 Å². The molecule has 0 radical (unpaired) electrons. The van der Waals surface area contributed by atoms with Crippen LogP contribution in [0.3, 0.4) is 0 Å². The number of fused-ring (bicyclic) bond motifs is 1. The van der Waals surface area contributed by atoms with Crippen LogP contribution in [0.15, 0.2) is 66.7 Å². The number of carbonyl (C=O) groups is 1. The quantitative estimate of drug-likeness (QED) is 0.550. The van der Waals surface area contributed by atoms with E-state index in [4.69, 9.17) is 16.3 Å². The molecule has 1 amide bonds. The third-order valence-corrected chi connectivity index (χ3v) is 4.77. The van der Waals surface area contributed by atoms with Gasteiger partial charge in [0.25, 0.3) is 0 Å². The number of hydrogen-bond donors (Lipinski definition) is 2. The summed E-state index contributed by atoms with van der Waals surface area (Å²) < 4.78 is 5.24. The van der Waals surface area contributed by atoms with Crippen LogP contribution in [-0.2, 0) is 11.3 Å². The topological polar surface area (TPSA) is 58.6 Å². The van der Waals surface area contributed by atoms with Gasteiger partial charge in [-0.3, -0.25) is 0 Å². The molecule has 0 aromatic heterocycles. The Hall–Kier alpha value is -2.72. The lowest BCUT2D eigenvalue weighted by atomic mass is 9.98. The summed E-state index contributed by atoms with van der Waals surface area (Å²) >= 11 is 6.61. The SMILES string of the molecule is C[C@@H](CC(Cl)c1cc(O)cc2ccccc12)NC(=O)OCc1ccccc1. The van der Waals surface area contributed by atoms with E-state index in [1.54, 1.807) is 12.1 Å². The second kappa shape index (κ2) is 8.78. The number of ether oxygens (including phenoxy) is 1. The molecule has 27 heavy (non-hydrogen) atoms. The first-order valence-corrected chi connectivity index (χ1v) is 9.29. The highest BCUT2D eigenvalue weighted by Crippen LogP contribution is 2.34. The number of phenols is 1. The molecule has 5 heteroatoms. The van der Waals surface area contributed by atoms with E-state index < -0.39 is 6.09 Å². The maximum absolute atomic E-state index is 12.0. The van der Waals surface area contributed by atoms with Crippen molar-refractivity contribution in [2.24, 2.45) is 0 Å². The first-order chi connectivity index (χ1) is 13.0. The predicted octanol–water partition coefficient (Wildman–Crippen LogP) is 5.53. The molecule has 0 heterocycles. The summed E-state index contributed by atoms with van der Waals surface area (Å²) in [6.45, 7) is 2.10. The van der Waals surface area contributed by atoms with E-state index in [9.17, 15) is 9.90 Å². The van der Waals surface area contributed by atoms with Crippen LogP contribution in [0.1, 0.15) is 29.8 Å². The van der Waals surface area contributed by atoms with Gasteiger partial charge in [-0.1, -0.05) is 54.6 Å². The number of alkyl halides is 1. The van der Waals surface area contributed by atoms with Crippen molar-refractivity contribution in [3.05, 3.63) is 77.9 Å². The molecule has 140 valence electrons. The number of halogens is 1. The zero-order valence-corrected chi connectivity index (χ0v) is 15.8. The summed E-state index contributed by atoms with van der Waals surface area (Å²) in [5.74, 6) is 0.178. The zero-order chi connectivity index (χ0) is 19.2. The molecule has 0 bridgehead atoms.